The van der Waals surface area contributed by atoms with Crippen LogP contribution in [0.3, 0.4) is 0 Å². The maximum atomic E-state index is 10.8. The standard InChI is InChI=1S/C10H17ClO/c1-10(2,7-9(11)12)8-5-3-4-6-8/h8H,3-7H2,1-2H3. The van der Waals surface area contributed by atoms with Gasteiger partial charge in [0.2, 0.25) is 5.24 Å². The summed E-state index contributed by atoms with van der Waals surface area (Å²) in [4.78, 5) is 10.8. The average molecular weight is 189 g/mol. The summed E-state index contributed by atoms with van der Waals surface area (Å²) >= 11 is 5.40. The Labute approximate surface area is 79.5 Å². The van der Waals surface area contributed by atoms with E-state index in [-0.39, 0.29) is 10.7 Å². The number of hydrogen-bond donors (Lipinski definition) is 0. The van der Waals surface area contributed by atoms with E-state index in [1.54, 1.807) is 0 Å². The van der Waals surface area contributed by atoms with Crippen molar-refractivity contribution in [1.82, 2.24) is 0 Å². The second-order valence-corrected chi connectivity index (χ2v) is 4.92. The summed E-state index contributed by atoms with van der Waals surface area (Å²) in [6.45, 7) is 4.31. The van der Waals surface area contributed by atoms with Crippen molar-refractivity contribution in [2.75, 3.05) is 0 Å². The lowest BCUT2D eigenvalue weighted by Gasteiger charge is -2.29. The number of carbonyl (C=O) groups excluding carboxylic acids is 1. The molecule has 1 nitrogen and oxygen atoms in total. The molecule has 12 heavy (non-hydrogen) atoms. The van der Waals surface area contributed by atoms with Gasteiger partial charge in [-0.3, -0.25) is 4.79 Å². The van der Waals surface area contributed by atoms with E-state index in [9.17, 15) is 4.79 Å². The molecule has 0 atom stereocenters. The highest BCUT2D eigenvalue weighted by molar-refractivity contribution is 6.63. The fourth-order valence-electron chi connectivity index (χ4n) is 2.21. The van der Waals surface area contributed by atoms with Gasteiger partial charge in [-0.25, -0.2) is 0 Å². The first-order valence-corrected chi connectivity index (χ1v) is 5.08. The third-order valence-corrected chi connectivity index (χ3v) is 3.19. The van der Waals surface area contributed by atoms with Crippen molar-refractivity contribution in [1.29, 1.82) is 0 Å². The van der Waals surface area contributed by atoms with E-state index >= 15 is 0 Å². The molecule has 0 N–H and O–H groups in total. The Morgan fingerprint density at radius 2 is 1.92 bits per heavy atom. The van der Waals surface area contributed by atoms with Crippen molar-refractivity contribution in [3.63, 3.8) is 0 Å². The number of halogens is 1. The molecule has 0 bridgehead atoms. The molecule has 0 amide bonds. The fraction of sp³-hybridized carbons (Fsp3) is 0.900. The van der Waals surface area contributed by atoms with E-state index in [4.69, 9.17) is 11.6 Å². The Morgan fingerprint density at radius 1 is 1.42 bits per heavy atom. The highest BCUT2D eigenvalue weighted by Crippen LogP contribution is 2.41. The van der Waals surface area contributed by atoms with Crippen LogP contribution in [0.25, 0.3) is 0 Å². The van der Waals surface area contributed by atoms with Gasteiger partial charge < -0.3 is 0 Å². The molecular formula is C10H17ClO. The number of rotatable bonds is 3. The molecule has 2 heteroatoms. The van der Waals surface area contributed by atoms with E-state index in [1.807, 2.05) is 0 Å². The van der Waals surface area contributed by atoms with Gasteiger partial charge in [-0.1, -0.05) is 26.7 Å². The first-order chi connectivity index (χ1) is 5.52. The minimum Gasteiger partial charge on any atom is -0.281 e. The summed E-state index contributed by atoms with van der Waals surface area (Å²) in [5.41, 5.74) is 0.120. The summed E-state index contributed by atoms with van der Waals surface area (Å²) in [5, 5.41) is -0.188. The smallest absolute Gasteiger partial charge is 0.222 e. The molecule has 70 valence electrons. The Balaban J connectivity index is 2.50. The molecule has 0 aromatic heterocycles. The average Bonchev–Trinajstić information content (AvgIpc) is 2.32. The predicted molar refractivity (Wildman–Crippen MR) is 51.2 cm³/mol. The molecule has 0 aliphatic heterocycles. The molecule has 0 unspecified atom stereocenters. The lowest BCUT2D eigenvalue weighted by molar-refractivity contribution is -0.114. The molecular weight excluding hydrogens is 172 g/mol. The van der Waals surface area contributed by atoms with Crippen LogP contribution in [-0.2, 0) is 4.79 Å². The predicted octanol–water partition coefficient (Wildman–Crippen LogP) is 3.36. The summed E-state index contributed by atoms with van der Waals surface area (Å²) < 4.78 is 0. The first kappa shape index (κ1) is 10.0. The molecule has 0 aromatic carbocycles. The van der Waals surface area contributed by atoms with Crippen LogP contribution in [0, 0.1) is 11.3 Å². The zero-order chi connectivity index (χ0) is 9.19. The van der Waals surface area contributed by atoms with E-state index in [2.05, 4.69) is 13.8 Å². The largest absolute Gasteiger partial charge is 0.281 e. The van der Waals surface area contributed by atoms with Gasteiger partial charge >= 0.3 is 0 Å². The third-order valence-electron chi connectivity index (χ3n) is 3.05. The Kier molecular flexibility index (Phi) is 3.16. The molecule has 0 radical (unpaired) electrons. The summed E-state index contributed by atoms with van der Waals surface area (Å²) in [7, 11) is 0. The first-order valence-electron chi connectivity index (χ1n) is 4.71. The van der Waals surface area contributed by atoms with Crippen molar-refractivity contribution in [3.8, 4) is 0 Å². The summed E-state index contributed by atoms with van der Waals surface area (Å²) in [6, 6.07) is 0. The lowest BCUT2D eigenvalue weighted by Crippen LogP contribution is -2.23. The van der Waals surface area contributed by atoms with Crippen LogP contribution in [0.4, 0.5) is 0 Å². The monoisotopic (exact) mass is 188 g/mol. The van der Waals surface area contributed by atoms with Crippen LogP contribution in [0.1, 0.15) is 46.0 Å². The lowest BCUT2D eigenvalue weighted by atomic mass is 9.76. The molecule has 1 aliphatic carbocycles. The topological polar surface area (TPSA) is 17.1 Å². The van der Waals surface area contributed by atoms with Gasteiger partial charge in [0, 0.05) is 6.42 Å². The minimum atomic E-state index is -0.188. The van der Waals surface area contributed by atoms with Crippen molar-refractivity contribution in [3.05, 3.63) is 0 Å². The number of hydrogen-bond acceptors (Lipinski definition) is 1. The van der Waals surface area contributed by atoms with Crippen molar-refractivity contribution >= 4 is 16.8 Å². The zero-order valence-electron chi connectivity index (χ0n) is 7.90. The molecule has 0 saturated heterocycles. The van der Waals surface area contributed by atoms with Crippen LogP contribution in [0.2, 0.25) is 0 Å². The Hall–Kier alpha value is -0.0400. The van der Waals surface area contributed by atoms with Crippen LogP contribution < -0.4 is 0 Å². The minimum absolute atomic E-state index is 0.120. The maximum Gasteiger partial charge on any atom is 0.222 e. The van der Waals surface area contributed by atoms with Gasteiger partial charge in [0.05, 0.1) is 0 Å². The second kappa shape index (κ2) is 3.78. The van der Waals surface area contributed by atoms with Crippen molar-refractivity contribution in [2.45, 2.75) is 46.0 Å². The second-order valence-electron chi connectivity index (χ2n) is 4.50. The van der Waals surface area contributed by atoms with Gasteiger partial charge in [-0.15, -0.1) is 0 Å². The molecule has 0 heterocycles. The molecule has 1 rings (SSSR count). The van der Waals surface area contributed by atoms with Gasteiger partial charge in [0.1, 0.15) is 0 Å². The van der Waals surface area contributed by atoms with Gasteiger partial charge in [-0.05, 0) is 35.8 Å². The maximum absolute atomic E-state index is 10.8. The fourth-order valence-corrected chi connectivity index (χ4v) is 2.55. The van der Waals surface area contributed by atoms with Gasteiger partial charge in [0.15, 0.2) is 0 Å². The summed E-state index contributed by atoms with van der Waals surface area (Å²) in [6.07, 6.45) is 5.72. The zero-order valence-corrected chi connectivity index (χ0v) is 8.66. The molecule has 0 spiro atoms. The van der Waals surface area contributed by atoms with Crippen LogP contribution in [0.15, 0.2) is 0 Å². The highest BCUT2D eigenvalue weighted by Gasteiger charge is 2.32. The van der Waals surface area contributed by atoms with Crippen molar-refractivity contribution in [2.24, 2.45) is 11.3 Å². The quantitative estimate of drug-likeness (QED) is 0.621. The number of carbonyl (C=O) groups is 1. The highest BCUT2D eigenvalue weighted by atomic mass is 35.5. The van der Waals surface area contributed by atoms with E-state index < -0.39 is 0 Å². The van der Waals surface area contributed by atoms with Crippen molar-refractivity contribution < 1.29 is 4.79 Å². The van der Waals surface area contributed by atoms with Crippen LogP contribution in [-0.4, -0.2) is 5.24 Å². The van der Waals surface area contributed by atoms with Gasteiger partial charge in [-0.2, -0.15) is 0 Å². The SMILES string of the molecule is CC(C)(CC(=O)Cl)C1CCCC1. The van der Waals surface area contributed by atoms with Crippen LogP contribution >= 0.6 is 11.6 Å². The molecule has 0 aromatic rings. The normalized spacial score (nSPS) is 19.9. The van der Waals surface area contributed by atoms with E-state index in [0.29, 0.717) is 12.3 Å². The van der Waals surface area contributed by atoms with Gasteiger partial charge in [0.25, 0.3) is 0 Å². The summed E-state index contributed by atoms with van der Waals surface area (Å²) in [5.74, 6) is 0.709. The third kappa shape index (κ3) is 2.48. The Morgan fingerprint density at radius 3 is 2.33 bits per heavy atom. The van der Waals surface area contributed by atoms with E-state index in [1.165, 1.54) is 25.7 Å². The molecule has 1 fully saturated rings. The molecule has 1 saturated carbocycles. The van der Waals surface area contributed by atoms with E-state index in [0.717, 1.165) is 0 Å². The Bertz CT molecular complexity index is 169. The molecule has 1 aliphatic rings. The van der Waals surface area contributed by atoms with Crippen LogP contribution in [0.5, 0.6) is 0 Å².